The highest BCUT2D eigenvalue weighted by atomic mass is 32.1. The van der Waals surface area contributed by atoms with Crippen molar-refractivity contribution in [3.63, 3.8) is 0 Å². The molecule has 3 aromatic rings. The number of hydrogen-bond acceptors (Lipinski definition) is 5. The third-order valence-electron chi connectivity index (χ3n) is 2.75. The van der Waals surface area contributed by atoms with Crippen molar-refractivity contribution in [3.05, 3.63) is 53.3 Å². The van der Waals surface area contributed by atoms with Gasteiger partial charge in [-0.25, -0.2) is 0 Å². The molecule has 0 saturated heterocycles. The molecule has 17 heavy (non-hydrogen) atoms. The van der Waals surface area contributed by atoms with Gasteiger partial charge >= 0.3 is 0 Å². The summed E-state index contributed by atoms with van der Waals surface area (Å²) in [5, 5.41) is 8.10. The monoisotopic (exact) mass is 242 g/mol. The molecule has 0 aliphatic rings. The normalized spacial score (nSPS) is 12.8. The van der Waals surface area contributed by atoms with Gasteiger partial charge in [0.05, 0.1) is 11.7 Å². The molecule has 0 fully saturated rings. The lowest BCUT2D eigenvalue weighted by molar-refractivity contribution is 0.825. The van der Waals surface area contributed by atoms with Crippen LogP contribution < -0.4 is 5.73 Å². The van der Waals surface area contributed by atoms with Crippen molar-refractivity contribution in [1.29, 1.82) is 0 Å². The summed E-state index contributed by atoms with van der Waals surface area (Å²) in [5.41, 5.74) is 8.03. The second-order valence-electron chi connectivity index (χ2n) is 3.75. The van der Waals surface area contributed by atoms with Crippen LogP contribution in [0.2, 0.25) is 0 Å². The number of aromatic nitrogens is 3. The molecule has 0 bridgehead atoms. The maximum atomic E-state index is 6.20. The molecular formula is C12H10N4S. The van der Waals surface area contributed by atoms with E-state index in [-0.39, 0.29) is 6.04 Å². The van der Waals surface area contributed by atoms with E-state index in [4.69, 9.17) is 5.73 Å². The molecule has 0 spiro atoms. The summed E-state index contributed by atoms with van der Waals surface area (Å²) in [4.78, 5) is 4.15. The summed E-state index contributed by atoms with van der Waals surface area (Å²) >= 11 is 1.31. The molecule has 1 aromatic carbocycles. The number of hydrogen-bond donors (Lipinski definition) is 1. The topological polar surface area (TPSA) is 64.7 Å². The van der Waals surface area contributed by atoms with Gasteiger partial charge in [0.1, 0.15) is 0 Å². The molecule has 0 saturated carbocycles. The van der Waals surface area contributed by atoms with Crippen LogP contribution in [0, 0.1) is 0 Å². The maximum Gasteiger partial charge on any atom is 0.0968 e. The number of nitrogens with zero attached hydrogens (tertiary/aromatic N) is 3. The number of rotatable bonds is 2. The quantitative estimate of drug-likeness (QED) is 0.747. The van der Waals surface area contributed by atoms with Crippen LogP contribution in [-0.2, 0) is 0 Å². The van der Waals surface area contributed by atoms with E-state index in [1.807, 2.05) is 35.8 Å². The zero-order valence-electron chi connectivity index (χ0n) is 8.95. The molecule has 2 aromatic heterocycles. The maximum absolute atomic E-state index is 6.20. The van der Waals surface area contributed by atoms with Gasteiger partial charge in [-0.1, -0.05) is 22.7 Å². The average Bonchev–Trinajstić information content (AvgIpc) is 2.91. The van der Waals surface area contributed by atoms with E-state index in [1.54, 1.807) is 6.20 Å². The Balaban J connectivity index is 2.17. The van der Waals surface area contributed by atoms with Crippen molar-refractivity contribution in [2.45, 2.75) is 6.04 Å². The minimum Gasteiger partial charge on any atom is -0.319 e. The minimum absolute atomic E-state index is 0.248. The van der Waals surface area contributed by atoms with Gasteiger partial charge < -0.3 is 5.73 Å². The Morgan fingerprint density at radius 3 is 3.00 bits per heavy atom. The van der Waals surface area contributed by atoms with Gasteiger partial charge in [0.2, 0.25) is 0 Å². The van der Waals surface area contributed by atoms with Crippen molar-refractivity contribution < 1.29 is 0 Å². The van der Waals surface area contributed by atoms with E-state index in [9.17, 15) is 0 Å². The van der Waals surface area contributed by atoms with E-state index in [0.29, 0.717) is 0 Å². The SMILES string of the molecule is NC(c1csnn1)c1cccc2ccncc12. The number of pyridine rings is 1. The second-order valence-corrected chi connectivity index (χ2v) is 4.36. The summed E-state index contributed by atoms with van der Waals surface area (Å²) in [5.74, 6) is 0. The molecule has 0 amide bonds. The average molecular weight is 242 g/mol. The Morgan fingerprint density at radius 2 is 2.18 bits per heavy atom. The van der Waals surface area contributed by atoms with Crippen LogP contribution in [0.4, 0.5) is 0 Å². The van der Waals surface area contributed by atoms with Crippen LogP contribution in [0.25, 0.3) is 10.8 Å². The Bertz CT molecular complexity index is 631. The van der Waals surface area contributed by atoms with Gasteiger partial charge in [-0.3, -0.25) is 4.98 Å². The standard InChI is InChI=1S/C12H10N4S/c13-12(11-7-17-16-15-11)9-3-1-2-8-4-5-14-6-10(8)9/h1-7,12H,13H2. The summed E-state index contributed by atoms with van der Waals surface area (Å²) in [6, 6.07) is 7.78. The fraction of sp³-hybridized carbons (Fsp3) is 0.0833. The third-order valence-corrected chi connectivity index (χ3v) is 3.27. The molecule has 5 heteroatoms. The lowest BCUT2D eigenvalue weighted by atomic mass is 9.99. The summed E-state index contributed by atoms with van der Waals surface area (Å²) in [6.45, 7) is 0. The highest BCUT2D eigenvalue weighted by molar-refractivity contribution is 7.03. The smallest absolute Gasteiger partial charge is 0.0968 e. The van der Waals surface area contributed by atoms with Gasteiger partial charge in [0, 0.05) is 23.2 Å². The molecule has 1 atom stereocenters. The molecule has 0 aliphatic heterocycles. The first-order chi connectivity index (χ1) is 8.36. The van der Waals surface area contributed by atoms with Crippen molar-refractivity contribution in [2.24, 2.45) is 5.73 Å². The first kappa shape index (κ1) is 10.3. The largest absolute Gasteiger partial charge is 0.319 e. The van der Waals surface area contributed by atoms with E-state index in [2.05, 4.69) is 14.6 Å². The molecule has 84 valence electrons. The van der Waals surface area contributed by atoms with Crippen molar-refractivity contribution >= 4 is 22.3 Å². The fourth-order valence-corrected chi connectivity index (χ4v) is 2.37. The summed E-state index contributed by atoms with van der Waals surface area (Å²) in [6.07, 6.45) is 3.62. The van der Waals surface area contributed by atoms with Gasteiger partial charge in [-0.05, 0) is 28.5 Å². The van der Waals surface area contributed by atoms with E-state index in [0.717, 1.165) is 22.0 Å². The number of fused-ring (bicyclic) bond motifs is 1. The predicted molar refractivity (Wildman–Crippen MR) is 67.7 cm³/mol. The Labute approximate surface area is 102 Å². The molecule has 1 unspecified atom stereocenters. The van der Waals surface area contributed by atoms with Gasteiger partial charge in [0.25, 0.3) is 0 Å². The minimum atomic E-state index is -0.248. The van der Waals surface area contributed by atoms with Crippen LogP contribution in [0.1, 0.15) is 17.3 Å². The highest BCUT2D eigenvalue weighted by Gasteiger charge is 2.14. The van der Waals surface area contributed by atoms with Crippen LogP contribution in [0.5, 0.6) is 0 Å². The van der Waals surface area contributed by atoms with Crippen molar-refractivity contribution in [1.82, 2.24) is 14.6 Å². The Morgan fingerprint density at radius 1 is 1.24 bits per heavy atom. The molecule has 0 aliphatic carbocycles. The van der Waals surface area contributed by atoms with E-state index >= 15 is 0 Å². The van der Waals surface area contributed by atoms with Crippen molar-refractivity contribution in [2.75, 3.05) is 0 Å². The van der Waals surface area contributed by atoms with Crippen LogP contribution in [0.3, 0.4) is 0 Å². The molecule has 3 rings (SSSR count). The molecule has 2 heterocycles. The van der Waals surface area contributed by atoms with Gasteiger partial charge in [0.15, 0.2) is 0 Å². The van der Waals surface area contributed by atoms with Crippen LogP contribution in [-0.4, -0.2) is 14.6 Å². The van der Waals surface area contributed by atoms with Crippen molar-refractivity contribution in [3.8, 4) is 0 Å². The first-order valence-corrected chi connectivity index (χ1v) is 6.05. The molecular weight excluding hydrogens is 232 g/mol. The van der Waals surface area contributed by atoms with Gasteiger partial charge in [-0.2, -0.15) is 0 Å². The Hall–Kier alpha value is -1.85. The van der Waals surface area contributed by atoms with E-state index < -0.39 is 0 Å². The number of benzene rings is 1. The summed E-state index contributed by atoms with van der Waals surface area (Å²) in [7, 11) is 0. The highest BCUT2D eigenvalue weighted by Crippen LogP contribution is 2.25. The fourth-order valence-electron chi connectivity index (χ4n) is 1.87. The lowest BCUT2D eigenvalue weighted by Crippen LogP contribution is -2.12. The predicted octanol–water partition coefficient (Wildman–Crippen LogP) is 2.13. The zero-order valence-corrected chi connectivity index (χ0v) is 9.76. The van der Waals surface area contributed by atoms with Crippen LogP contribution >= 0.6 is 11.5 Å². The van der Waals surface area contributed by atoms with Gasteiger partial charge in [-0.15, -0.1) is 5.10 Å². The van der Waals surface area contributed by atoms with E-state index in [1.165, 1.54) is 11.5 Å². The second kappa shape index (κ2) is 4.20. The Kier molecular flexibility index (Phi) is 2.55. The number of nitrogens with two attached hydrogens (primary N) is 1. The lowest BCUT2D eigenvalue weighted by Gasteiger charge is -2.11. The first-order valence-electron chi connectivity index (χ1n) is 5.21. The molecule has 2 N–H and O–H groups in total. The molecule has 0 radical (unpaired) electrons. The zero-order chi connectivity index (χ0) is 11.7. The third kappa shape index (κ3) is 1.79. The summed E-state index contributed by atoms with van der Waals surface area (Å²) < 4.78 is 3.84. The molecule has 4 nitrogen and oxygen atoms in total. The van der Waals surface area contributed by atoms with Crippen LogP contribution in [0.15, 0.2) is 42.0 Å².